The van der Waals surface area contributed by atoms with Crippen molar-refractivity contribution in [3.63, 3.8) is 0 Å². The van der Waals surface area contributed by atoms with Crippen LogP contribution in [0.2, 0.25) is 20.1 Å². The third-order valence-electron chi connectivity index (χ3n) is 2.79. The van der Waals surface area contributed by atoms with Crippen LogP contribution in [0.1, 0.15) is 16.0 Å². The molecular formula is C16H11BrCl4O4. The van der Waals surface area contributed by atoms with Crippen LogP contribution in [-0.2, 0) is 16.0 Å². The maximum Gasteiger partial charge on any atom is 0.321 e. The van der Waals surface area contributed by atoms with E-state index in [0.29, 0.717) is 31.2 Å². The summed E-state index contributed by atoms with van der Waals surface area (Å²) in [7, 11) is 0. The lowest BCUT2D eigenvalue weighted by molar-refractivity contribution is -0.137. The van der Waals surface area contributed by atoms with E-state index in [4.69, 9.17) is 56.6 Å². The molecule has 0 heterocycles. The number of carbonyl (C=O) groups is 2. The van der Waals surface area contributed by atoms with Gasteiger partial charge in [0.1, 0.15) is 4.83 Å². The molecule has 25 heavy (non-hydrogen) atoms. The highest BCUT2D eigenvalue weighted by Crippen LogP contribution is 2.29. The van der Waals surface area contributed by atoms with Crippen LogP contribution in [0.4, 0.5) is 0 Å². The van der Waals surface area contributed by atoms with Crippen molar-refractivity contribution in [2.24, 2.45) is 0 Å². The Morgan fingerprint density at radius 1 is 0.880 bits per heavy atom. The van der Waals surface area contributed by atoms with Gasteiger partial charge in [-0.2, -0.15) is 0 Å². The van der Waals surface area contributed by atoms with E-state index >= 15 is 0 Å². The number of rotatable bonds is 4. The largest absolute Gasteiger partial charge is 0.481 e. The standard InChI is InChI=1S/C8H5BrCl2O2.C8H6Cl2O2/c9-7(8(12)13)4-1-2-5(10)6(11)3-4;9-6-2-1-5(3-7(6)10)4-8(11)12/h1-3,7H,(H,12,13);1-3H,4H2,(H,11,12). The Balaban J connectivity index is 0.000000251. The lowest BCUT2D eigenvalue weighted by Gasteiger charge is -2.05. The Morgan fingerprint density at radius 2 is 1.40 bits per heavy atom. The Labute approximate surface area is 172 Å². The van der Waals surface area contributed by atoms with Gasteiger partial charge in [0.05, 0.1) is 26.5 Å². The average molecular weight is 489 g/mol. The molecule has 0 bridgehead atoms. The van der Waals surface area contributed by atoms with Crippen LogP contribution < -0.4 is 0 Å². The van der Waals surface area contributed by atoms with Crippen molar-refractivity contribution in [2.75, 3.05) is 0 Å². The molecule has 0 saturated heterocycles. The van der Waals surface area contributed by atoms with Crippen LogP contribution in [0.15, 0.2) is 36.4 Å². The number of hydrogen-bond donors (Lipinski definition) is 2. The van der Waals surface area contributed by atoms with Gasteiger partial charge in [0, 0.05) is 0 Å². The lowest BCUT2D eigenvalue weighted by Crippen LogP contribution is -2.03. The van der Waals surface area contributed by atoms with Gasteiger partial charge in [-0.15, -0.1) is 0 Å². The van der Waals surface area contributed by atoms with E-state index in [1.54, 1.807) is 30.3 Å². The SMILES string of the molecule is O=C(O)C(Br)c1ccc(Cl)c(Cl)c1.O=C(O)Cc1ccc(Cl)c(Cl)c1. The highest BCUT2D eigenvalue weighted by Gasteiger charge is 2.16. The van der Waals surface area contributed by atoms with Gasteiger partial charge >= 0.3 is 11.9 Å². The predicted octanol–water partition coefficient (Wildman–Crippen LogP) is 6.13. The molecule has 0 aliphatic rings. The number of halogens is 5. The Hall–Kier alpha value is -0.980. The molecule has 0 spiro atoms. The van der Waals surface area contributed by atoms with E-state index in [-0.39, 0.29) is 6.42 Å². The summed E-state index contributed by atoms with van der Waals surface area (Å²) in [6.07, 6.45) is -0.0309. The van der Waals surface area contributed by atoms with Gasteiger partial charge < -0.3 is 10.2 Å². The lowest BCUT2D eigenvalue weighted by atomic mass is 10.1. The molecule has 9 heteroatoms. The highest BCUT2D eigenvalue weighted by atomic mass is 79.9. The third-order valence-corrected chi connectivity index (χ3v) is 5.19. The van der Waals surface area contributed by atoms with Gasteiger partial charge in [-0.3, -0.25) is 9.59 Å². The zero-order valence-electron chi connectivity index (χ0n) is 12.3. The van der Waals surface area contributed by atoms with E-state index in [0.717, 1.165) is 0 Å². The van der Waals surface area contributed by atoms with E-state index in [1.165, 1.54) is 6.07 Å². The summed E-state index contributed by atoms with van der Waals surface area (Å²) in [4.78, 5) is 20.1. The summed E-state index contributed by atoms with van der Waals surface area (Å²) in [5, 5.41) is 18.7. The first-order valence-electron chi connectivity index (χ1n) is 6.59. The van der Waals surface area contributed by atoms with Crippen LogP contribution in [0.3, 0.4) is 0 Å². The van der Waals surface area contributed by atoms with Crippen LogP contribution in [0, 0.1) is 0 Å². The van der Waals surface area contributed by atoms with Crippen molar-refractivity contribution in [2.45, 2.75) is 11.2 Å². The maximum atomic E-state index is 10.6. The molecule has 0 aliphatic heterocycles. The molecule has 0 aromatic heterocycles. The molecule has 134 valence electrons. The number of carboxylic acid groups (broad SMARTS) is 2. The smallest absolute Gasteiger partial charge is 0.321 e. The molecule has 2 N–H and O–H groups in total. The minimum atomic E-state index is -0.960. The minimum absolute atomic E-state index is 0.0309. The average Bonchev–Trinajstić information content (AvgIpc) is 2.53. The zero-order chi connectivity index (χ0) is 19.1. The number of benzene rings is 2. The molecule has 0 radical (unpaired) electrons. The van der Waals surface area contributed by atoms with E-state index in [9.17, 15) is 9.59 Å². The second kappa shape index (κ2) is 10.2. The van der Waals surface area contributed by atoms with Crippen molar-refractivity contribution >= 4 is 74.3 Å². The third kappa shape index (κ3) is 7.42. The molecule has 2 aromatic rings. The Morgan fingerprint density at radius 3 is 1.84 bits per heavy atom. The second-order valence-electron chi connectivity index (χ2n) is 4.69. The molecule has 1 unspecified atom stereocenters. The number of hydrogen-bond acceptors (Lipinski definition) is 2. The summed E-state index contributed by atoms with van der Waals surface area (Å²) < 4.78 is 0. The van der Waals surface area contributed by atoms with Crippen molar-refractivity contribution < 1.29 is 19.8 Å². The van der Waals surface area contributed by atoms with Crippen molar-refractivity contribution in [1.82, 2.24) is 0 Å². The zero-order valence-corrected chi connectivity index (χ0v) is 17.0. The minimum Gasteiger partial charge on any atom is -0.481 e. The van der Waals surface area contributed by atoms with Gasteiger partial charge in [0.2, 0.25) is 0 Å². The number of aliphatic carboxylic acids is 2. The molecule has 4 nitrogen and oxygen atoms in total. The molecule has 0 amide bonds. The summed E-state index contributed by atoms with van der Waals surface area (Å²) >= 11 is 25.7. The summed E-state index contributed by atoms with van der Waals surface area (Å²) in [5.74, 6) is -1.84. The molecule has 2 rings (SSSR count). The van der Waals surface area contributed by atoms with Gasteiger partial charge in [-0.1, -0.05) is 74.5 Å². The second-order valence-corrected chi connectivity index (χ2v) is 7.24. The Kier molecular flexibility index (Phi) is 9.03. The van der Waals surface area contributed by atoms with Gasteiger partial charge in [-0.05, 0) is 35.4 Å². The predicted molar refractivity (Wildman–Crippen MR) is 104 cm³/mol. The van der Waals surface area contributed by atoms with Gasteiger partial charge in [-0.25, -0.2) is 0 Å². The first-order chi connectivity index (χ1) is 11.6. The topological polar surface area (TPSA) is 74.6 Å². The van der Waals surface area contributed by atoms with E-state index in [1.807, 2.05) is 0 Å². The fourth-order valence-corrected chi connectivity index (χ4v) is 2.55. The molecular weight excluding hydrogens is 478 g/mol. The fourth-order valence-electron chi connectivity index (χ4n) is 1.64. The summed E-state index contributed by atoms with van der Waals surface area (Å²) in [5.41, 5.74) is 1.22. The van der Waals surface area contributed by atoms with Crippen molar-refractivity contribution in [1.29, 1.82) is 0 Å². The van der Waals surface area contributed by atoms with Crippen LogP contribution in [0.5, 0.6) is 0 Å². The van der Waals surface area contributed by atoms with E-state index in [2.05, 4.69) is 15.9 Å². The summed E-state index contributed by atoms with van der Waals surface area (Å²) in [6.45, 7) is 0. The number of carboxylic acids is 2. The number of alkyl halides is 1. The first-order valence-corrected chi connectivity index (χ1v) is 9.02. The molecule has 2 aromatic carbocycles. The van der Waals surface area contributed by atoms with Crippen molar-refractivity contribution in [3.8, 4) is 0 Å². The molecule has 0 fully saturated rings. The maximum absolute atomic E-state index is 10.6. The van der Waals surface area contributed by atoms with Gasteiger partial charge in [0.25, 0.3) is 0 Å². The monoisotopic (exact) mass is 486 g/mol. The summed E-state index contributed by atoms with van der Waals surface area (Å²) in [6, 6.07) is 9.48. The van der Waals surface area contributed by atoms with Crippen LogP contribution >= 0.6 is 62.3 Å². The molecule has 0 aliphatic carbocycles. The van der Waals surface area contributed by atoms with Gasteiger partial charge in [0.15, 0.2) is 0 Å². The van der Waals surface area contributed by atoms with Crippen LogP contribution in [-0.4, -0.2) is 22.2 Å². The Bertz CT molecular complexity index is 783. The van der Waals surface area contributed by atoms with Crippen molar-refractivity contribution in [3.05, 3.63) is 67.6 Å². The van der Waals surface area contributed by atoms with E-state index < -0.39 is 16.8 Å². The molecule has 0 saturated carbocycles. The highest BCUT2D eigenvalue weighted by molar-refractivity contribution is 9.09. The normalized spacial score (nSPS) is 11.2. The quantitative estimate of drug-likeness (QED) is 0.507. The van der Waals surface area contributed by atoms with Crippen LogP contribution in [0.25, 0.3) is 0 Å². The first kappa shape index (κ1) is 22.1. The molecule has 1 atom stereocenters. The fraction of sp³-hybridized carbons (Fsp3) is 0.125.